The fraction of sp³-hybridized carbons (Fsp3) is 0.458. The Kier molecular flexibility index (Phi) is 7.32. The number of amides is 1. The summed E-state index contributed by atoms with van der Waals surface area (Å²) in [7, 11) is -3.71. The summed E-state index contributed by atoms with van der Waals surface area (Å²) in [5, 5.41) is 3.10. The molecule has 0 radical (unpaired) electrons. The molecule has 0 heterocycles. The zero-order valence-corrected chi connectivity index (χ0v) is 18.9. The van der Waals surface area contributed by atoms with E-state index in [2.05, 4.69) is 18.0 Å². The highest BCUT2D eigenvalue weighted by atomic mass is 32.2. The van der Waals surface area contributed by atoms with Gasteiger partial charge in [0, 0.05) is 12.2 Å². The van der Waals surface area contributed by atoms with E-state index in [4.69, 9.17) is 0 Å². The van der Waals surface area contributed by atoms with E-state index in [-0.39, 0.29) is 17.4 Å². The molecular weight excluding hydrogens is 396 g/mol. The Balaban J connectivity index is 1.81. The molecule has 162 valence electrons. The number of nitrogens with one attached hydrogen (secondary N) is 1. The van der Waals surface area contributed by atoms with Crippen molar-refractivity contribution in [3.05, 3.63) is 64.1 Å². The first-order valence-electron chi connectivity index (χ1n) is 10.8. The molecule has 0 saturated heterocycles. The van der Waals surface area contributed by atoms with Gasteiger partial charge in [-0.1, -0.05) is 37.8 Å². The Morgan fingerprint density at radius 3 is 2.33 bits per heavy atom. The lowest BCUT2D eigenvalue weighted by atomic mass is 9.98. The molecule has 0 spiro atoms. The molecule has 0 aromatic heterocycles. The molecule has 30 heavy (non-hydrogen) atoms. The summed E-state index contributed by atoms with van der Waals surface area (Å²) in [6.45, 7) is 7.18. The fourth-order valence-corrected chi connectivity index (χ4v) is 5.77. The van der Waals surface area contributed by atoms with Crippen molar-refractivity contribution in [2.45, 2.75) is 58.8 Å². The van der Waals surface area contributed by atoms with Crippen molar-refractivity contribution >= 4 is 21.6 Å². The standard InChI is InChI=1S/C24H32N2O3S/c1-4-6-7-10-18(3)30(28,29)26(15-5-2)17-23(27)25-24-21-13-8-11-19(21)16-20-12-9-14-22(20)24/h4,6-7,10,16H,1,5,8-9,11-15,17H2,2-3H3,(H,25,27)/b7-6-,18-10+. The average molecular weight is 429 g/mol. The first-order chi connectivity index (χ1) is 14.4. The van der Waals surface area contributed by atoms with E-state index in [0.717, 1.165) is 44.2 Å². The molecule has 0 bridgehead atoms. The van der Waals surface area contributed by atoms with Crippen LogP contribution in [0.1, 0.15) is 55.4 Å². The van der Waals surface area contributed by atoms with Crippen molar-refractivity contribution in [1.82, 2.24) is 4.31 Å². The highest BCUT2D eigenvalue weighted by Gasteiger charge is 2.28. The van der Waals surface area contributed by atoms with E-state index in [9.17, 15) is 13.2 Å². The maximum Gasteiger partial charge on any atom is 0.239 e. The van der Waals surface area contributed by atoms with Gasteiger partial charge in [0.25, 0.3) is 0 Å². The number of carbonyl (C=O) groups is 1. The Labute approximate surface area is 180 Å². The van der Waals surface area contributed by atoms with Crippen molar-refractivity contribution in [2.75, 3.05) is 18.4 Å². The summed E-state index contributed by atoms with van der Waals surface area (Å²) in [5.74, 6) is -0.268. The second-order valence-corrected chi connectivity index (χ2v) is 10.1. The van der Waals surface area contributed by atoms with Crippen LogP contribution in [-0.2, 0) is 40.5 Å². The molecular formula is C24H32N2O3S. The molecule has 0 fully saturated rings. The van der Waals surface area contributed by atoms with Gasteiger partial charge in [0.2, 0.25) is 15.9 Å². The van der Waals surface area contributed by atoms with Crippen LogP contribution in [0.2, 0.25) is 0 Å². The zero-order valence-electron chi connectivity index (χ0n) is 18.0. The Hall–Kier alpha value is -2.18. The van der Waals surface area contributed by atoms with Crippen molar-refractivity contribution in [2.24, 2.45) is 0 Å². The van der Waals surface area contributed by atoms with Crippen LogP contribution in [0.15, 0.2) is 41.9 Å². The third-order valence-corrected chi connectivity index (χ3v) is 7.80. The zero-order chi connectivity index (χ0) is 21.7. The number of allylic oxidation sites excluding steroid dienone is 5. The largest absolute Gasteiger partial charge is 0.324 e. The molecule has 2 aliphatic rings. The van der Waals surface area contributed by atoms with Crippen LogP contribution >= 0.6 is 0 Å². The van der Waals surface area contributed by atoms with Gasteiger partial charge in [-0.25, -0.2) is 8.42 Å². The van der Waals surface area contributed by atoms with E-state index in [1.165, 1.54) is 32.6 Å². The van der Waals surface area contributed by atoms with Crippen LogP contribution in [0.25, 0.3) is 0 Å². The molecule has 1 amide bonds. The summed E-state index contributed by atoms with van der Waals surface area (Å²) in [6.07, 6.45) is 13.4. The van der Waals surface area contributed by atoms with Crippen molar-refractivity contribution in [3.63, 3.8) is 0 Å². The van der Waals surface area contributed by atoms with Gasteiger partial charge in [0.15, 0.2) is 0 Å². The van der Waals surface area contributed by atoms with E-state index in [0.29, 0.717) is 13.0 Å². The van der Waals surface area contributed by atoms with Gasteiger partial charge < -0.3 is 5.32 Å². The van der Waals surface area contributed by atoms with Crippen molar-refractivity contribution in [3.8, 4) is 0 Å². The van der Waals surface area contributed by atoms with E-state index >= 15 is 0 Å². The topological polar surface area (TPSA) is 66.5 Å². The number of hydrogen-bond donors (Lipinski definition) is 1. The second-order valence-electron chi connectivity index (χ2n) is 8.02. The normalized spacial score (nSPS) is 16.2. The second kappa shape index (κ2) is 9.75. The summed E-state index contributed by atoms with van der Waals surface area (Å²) in [5.41, 5.74) is 6.14. The quantitative estimate of drug-likeness (QED) is 0.597. The van der Waals surface area contributed by atoms with Crippen LogP contribution in [0.5, 0.6) is 0 Å². The number of sulfonamides is 1. The minimum absolute atomic E-state index is 0.176. The molecule has 1 aromatic rings. The maximum absolute atomic E-state index is 13.0. The molecule has 5 nitrogen and oxygen atoms in total. The van der Waals surface area contributed by atoms with E-state index < -0.39 is 10.0 Å². The predicted octanol–water partition coefficient (Wildman–Crippen LogP) is 4.29. The van der Waals surface area contributed by atoms with Crippen LogP contribution in [0, 0.1) is 0 Å². The van der Waals surface area contributed by atoms with Crippen LogP contribution in [0.3, 0.4) is 0 Å². The van der Waals surface area contributed by atoms with Gasteiger partial charge in [0.05, 0.1) is 11.4 Å². The van der Waals surface area contributed by atoms with E-state index in [1.54, 1.807) is 25.2 Å². The van der Waals surface area contributed by atoms with Gasteiger partial charge in [-0.15, -0.1) is 0 Å². The average Bonchev–Trinajstić information content (AvgIpc) is 3.36. The molecule has 1 aromatic carbocycles. The predicted molar refractivity (Wildman–Crippen MR) is 123 cm³/mol. The third kappa shape index (κ3) is 4.76. The van der Waals surface area contributed by atoms with Gasteiger partial charge >= 0.3 is 0 Å². The monoisotopic (exact) mass is 428 g/mol. The number of nitrogens with zero attached hydrogens (tertiary/aromatic N) is 1. The van der Waals surface area contributed by atoms with Crippen LogP contribution < -0.4 is 5.32 Å². The van der Waals surface area contributed by atoms with E-state index in [1.807, 2.05) is 6.92 Å². The number of benzene rings is 1. The number of anilines is 1. The molecule has 3 rings (SSSR count). The Bertz CT molecular complexity index is 958. The number of fused-ring (bicyclic) bond motifs is 2. The fourth-order valence-electron chi connectivity index (χ4n) is 4.40. The summed E-state index contributed by atoms with van der Waals surface area (Å²) in [6, 6.07) is 2.32. The minimum Gasteiger partial charge on any atom is -0.324 e. The Morgan fingerprint density at radius 1 is 1.13 bits per heavy atom. The molecule has 0 aliphatic heterocycles. The maximum atomic E-state index is 13.0. The molecule has 0 unspecified atom stereocenters. The molecule has 2 aliphatic carbocycles. The van der Waals surface area contributed by atoms with Gasteiger partial charge in [0.1, 0.15) is 0 Å². The highest BCUT2D eigenvalue weighted by molar-refractivity contribution is 7.93. The molecule has 0 atom stereocenters. The summed E-state index contributed by atoms with van der Waals surface area (Å²) >= 11 is 0. The SMILES string of the molecule is C=C/C=C\C=C(/C)S(=O)(=O)N(CCC)CC(=O)Nc1c2c(cc3c1CCC3)CCC2. The lowest BCUT2D eigenvalue weighted by Gasteiger charge is -2.22. The van der Waals surface area contributed by atoms with Gasteiger partial charge in [-0.3, -0.25) is 4.79 Å². The lowest BCUT2D eigenvalue weighted by molar-refractivity contribution is -0.116. The van der Waals surface area contributed by atoms with Crippen molar-refractivity contribution < 1.29 is 13.2 Å². The smallest absolute Gasteiger partial charge is 0.239 e. The highest BCUT2D eigenvalue weighted by Crippen LogP contribution is 2.38. The molecule has 1 N–H and O–H groups in total. The minimum atomic E-state index is -3.71. The molecule has 6 heteroatoms. The summed E-state index contributed by atoms with van der Waals surface area (Å²) in [4.78, 5) is 13.2. The number of rotatable bonds is 9. The van der Waals surface area contributed by atoms with Gasteiger partial charge in [-0.05, 0) is 80.2 Å². The van der Waals surface area contributed by atoms with Crippen molar-refractivity contribution in [1.29, 1.82) is 0 Å². The van der Waals surface area contributed by atoms with Gasteiger partial charge in [-0.2, -0.15) is 4.31 Å². The number of hydrogen-bond acceptors (Lipinski definition) is 3. The summed E-state index contributed by atoms with van der Waals surface area (Å²) < 4.78 is 27.3. The van der Waals surface area contributed by atoms with Crippen LogP contribution in [-0.4, -0.2) is 31.7 Å². The first-order valence-corrected chi connectivity index (χ1v) is 12.2. The third-order valence-electron chi connectivity index (χ3n) is 5.86. The first kappa shape index (κ1) is 22.5. The number of aryl methyl sites for hydroxylation is 2. The Morgan fingerprint density at radius 2 is 1.77 bits per heavy atom. The lowest BCUT2D eigenvalue weighted by Crippen LogP contribution is -2.39. The number of carbonyl (C=O) groups excluding carboxylic acids is 1. The van der Waals surface area contributed by atoms with Crippen LogP contribution in [0.4, 0.5) is 5.69 Å². The molecule has 0 saturated carbocycles.